The van der Waals surface area contributed by atoms with Crippen molar-refractivity contribution in [3.05, 3.63) is 29.8 Å². The van der Waals surface area contributed by atoms with Crippen LogP contribution in [0.3, 0.4) is 0 Å². The van der Waals surface area contributed by atoms with Gasteiger partial charge in [-0.25, -0.2) is 0 Å². The molecule has 1 aromatic carbocycles. The van der Waals surface area contributed by atoms with E-state index in [0.29, 0.717) is 0 Å². The summed E-state index contributed by atoms with van der Waals surface area (Å²) < 4.78 is 6.03. The van der Waals surface area contributed by atoms with Crippen LogP contribution in [0.15, 0.2) is 24.3 Å². The Morgan fingerprint density at radius 1 is 0.767 bits per heavy atom. The van der Waals surface area contributed by atoms with Crippen molar-refractivity contribution in [2.45, 2.75) is 117 Å². The average Bonchev–Trinajstić information content (AvgIpc) is 2.78. The Labute approximate surface area is 187 Å². The normalized spacial score (nSPS) is 27.1. The zero-order valence-corrected chi connectivity index (χ0v) is 20.0. The van der Waals surface area contributed by atoms with E-state index in [4.69, 9.17) is 4.74 Å². The first-order chi connectivity index (χ1) is 14.7. The third-order valence-corrected chi connectivity index (χ3v) is 8.22. The molecule has 2 atom stereocenters. The van der Waals surface area contributed by atoms with Gasteiger partial charge in [0.05, 0.1) is 6.61 Å². The van der Waals surface area contributed by atoms with Gasteiger partial charge in [0.2, 0.25) is 0 Å². The molecular formula is C29H48O. The number of hydrogen-bond donors (Lipinski definition) is 0. The zero-order valence-electron chi connectivity index (χ0n) is 20.0. The zero-order chi connectivity index (χ0) is 21.0. The van der Waals surface area contributed by atoms with Crippen LogP contribution in [0.1, 0.15) is 116 Å². The van der Waals surface area contributed by atoms with E-state index in [1.54, 1.807) is 0 Å². The number of benzene rings is 1. The summed E-state index contributed by atoms with van der Waals surface area (Å²) in [5.74, 6) is 4.92. The largest absolute Gasteiger partial charge is 0.494 e. The fraction of sp³-hybridized carbons (Fsp3) is 0.793. The summed E-state index contributed by atoms with van der Waals surface area (Å²) in [6.07, 6.45) is 22.6. The fourth-order valence-electron chi connectivity index (χ4n) is 5.97. The van der Waals surface area contributed by atoms with Crippen molar-refractivity contribution < 1.29 is 4.74 Å². The molecule has 0 bridgehead atoms. The summed E-state index contributed by atoms with van der Waals surface area (Å²) in [6.45, 7) is 5.64. The molecular weight excluding hydrogens is 364 g/mol. The number of ether oxygens (including phenoxy) is 1. The molecule has 2 unspecified atom stereocenters. The van der Waals surface area contributed by atoms with Gasteiger partial charge in [-0.3, -0.25) is 0 Å². The summed E-state index contributed by atoms with van der Waals surface area (Å²) in [6, 6.07) is 9.00. The molecule has 0 amide bonds. The molecule has 2 aliphatic rings. The highest BCUT2D eigenvalue weighted by molar-refractivity contribution is 5.27. The van der Waals surface area contributed by atoms with E-state index in [1.165, 1.54) is 108 Å². The first-order valence-electron chi connectivity index (χ1n) is 13.5. The summed E-state index contributed by atoms with van der Waals surface area (Å²) >= 11 is 0. The van der Waals surface area contributed by atoms with Crippen molar-refractivity contribution in [1.82, 2.24) is 0 Å². The van der Waals surface area contributed by atoms with E-state index in [-0.39, 0.29) is 0 Å². The minimum atomic E-state index is 0.879. The maximum atomic E-state index is 6.03. The lowest BCUT2D eigenvalue weighted by Crippen LogP contribution is -2.17. The van der Waals surface area contributed by atoms with E-state index in [2.05, 4.69) is 38.1 Å². The van der Waals surface area contributed by atoms with Crippen LogP contribution >= 0.6 is 0 Å². The summed E-state index contributed by atoms with van der Waals surface area (Å²) in [5.41, 5.74) is 1.49. The number of unbranched alkanes of at least 4 members (excludes halogenated alkanes) is 2. The average molecular weight is 413 g/mol. The lowest BCUT2D eigenvalue weighted by Gasteiger charge is -2.28. The minimum Gasteiger partial charge on any atom is -0.494 e. The lowest BCUT2D eigenvalue weighted by molar-refractivity contribution is 0.217. The number of aryl methyl sites for hydroxylation is 1. The molecule has 2 saturated carbocycles. The molecule has 0 N–H and O–H groups in total. The molecule has 2 fully saturated rings. The Morgan fingerprint density at radius 2 is 1.47 bits per heavy atom. The van der Waals surface area contributed by atoms with Crippen molar-refractivity contribution in [1.29, 1.82) is 0 Å². The van der Waals surface area contributed by atoms with Gasteiger partial charge < -0.3 is 4.74 Å². The third kappa shape index (κ3) is 8.27. The summed E-state index contributed by atoms with van der Waals surface area (Å²) in [5, 5.41) is 0. The Kier molecular flexibility index (Phi) is 10.6. The Hall–Kier alpha value is -0.980. The molecule has 0 radical (unpaired) electrons. The van der Waals surface area contributed by atoms with Crippen molar-refractivity contribution >= 4 is 0 Å². The van der Waals surface area contributed by atoms with E-state index < -0.39 is 0 Å². The van der Waals surface area contributed by atoms with Crippen molar-refractivity contribution in [2.24, 2.45) is 23.7 Å². The maximum Gasteiger partial charge on any atom is 0.119 e. The first-order valence-corrected chi connectivity index (χ1v) is 13.5. The molecule has 3 rings (SSSR count). The van der Waals surface area contributed by atoms with Crippen LogP contribution in [0, 0.1) is 23.7 Å². The second-order valence-corrected chi connectivity index (χ2v) is 10.6. The van der Waals surface area contributed by atoms with Crippen LogP contribution in [0.25, 0.3) is 0 Å². The quantitative estimate of drug-likeness (QED) is 0.311. The molecule has 0 aliphatic heterocycles. The SMILES string of the molecule is CCCCCC1CCC(CCc2ccc(OCCCC3CCCCC3C)cc2)CC1. The number of rotatable bonds is 12. The van der Waals surface area contributed by atoms with Gasteiger partial charge in [-0.1, -0.05) is 103 Å². The molecule has 0 spiro atoms. The van der Waals surface area contributed by atoms with Crippen molar-refractivity contribution in [3.8, 4) is 5.75 Å². The van der Waals surface area contributed by atoms with Gasteiger partial charge in [0.1, 0.15) is 5.75 Å². The predicted molar refractivity (Wildman–Crippen MR) is 130 cm³/mol. The standard InChI is InChI=1S/C29H48O/c1-3-4-5-10-25-13-15-26(16-14-25)17-18-27-19-21-29(22-20-27)30-23-8-12-28-11-7-6-9-24(28)2/h19-22,24-26,28H,3-18,23H2,1-2H3. The first kappa shape index (κ1) is 23.7. The van der Waals surface area contributed by atoms with E-state index >= 15 is 0 Å². The third-order valence-electron chi connectivity index (χ3n) is 8.22. The van der Waals surface area contributed by atoms with Crippen LogP contribution in [0.2, 0.25) is 0 Å². The minimum absolute atomic E-state index is 0.879. The molecule has 1 aromatic rings. The monoisotopic (exact) mass is 412 g/mol. The van der Waals surface area contributed by atoms with Gasteiger partial charge in [0.15, 0.2) is 0 Å². The molecule has 1 heteroatoms. The van der Waals surface area contributed by atoms with Gasteiger partial charge in [-0.05, 0) is 67.1 Å². The van der Waals surface area contributed by atoms with Gasteiger partial charge in [0, 0.05) is 0 Å². The van der Waals surface area contributed by atoms with E-state index in [0.717, 1.165) is 36.0 Å². The van der Waals surface area contributed by atoms with Gasteiger partial charge in [-0.15, -0.1) is 0 Å². The van der Waals surface area contributed by atoms with E-state index in [1.807, 2.05) is 0 Å². The van der Waals surface area contributed by atoms with Crippen LogP contribution in [0.4, 0.5) is 0 Å². The van der Waals surface area contributed by atoms with Gasteiger partial charge >= 0.3 is 0 Å². The highest BCUT2D eigenvalue weighted by atomic mass is 16.5. The molecule has 0 saturated heterocycles. The van der Waals surface area contributed by atoms with Gasteiger partial charge in [0.25, 0.3) is 0 Å². The Balaban J connectivity index is 1.27. The smallest absolute Gasteiger partial charge is 0.119 e. The summed E-state index contributed by atoms with van der Waals surface area (Å²) in [4.78, 5) is 0. The highest BCUT2D eigenvalue weighted by Crippen LogP contribution is 2.35. The topological polar surface area (TPSA) is 9.23 Å². The maximum absolute atomic E-state index is 6.03. The predicted octanol–water partition coefficient (Wildman–Crippen LogP) is 8.99. The summed E-state index contributed by atoms with van der Waals surface area (Å²) in [7, 11) is 0. The molecule has 1 nitrogen and oxygen atoms in total. The Bertz CT molecular complexity index is 554. The highest BCUT2D eigenvalue weighted by Gasteiger charge is 2.21. The molecule has 0 heterocycles. The lowest BCUT2D eigenvalue weighted by atomic mass is 9.78. The number of hydrogen-bond acceptors (Lipinski definition) is 1. The van der Waals surface area contributed by atoms with Crippen LogP contribution in [-0.2, 0) is 6.42 Å². The van der Waals surface area contributed by atoms with Crippen LogP contribution in [0.5, 0.6) is 5.75 Å². The van der Waals surface area contributed by atoms with Gasteiger partial charge in [-0.2, -0.15) is 0 Å². The van der Waals surface area contributed by atoms with Crippen molar-refractivity contribution in [3.63, 3.8) is 0 Å². The van der Waals surface area contributed by atoms with Crippen molar-refractivity contribution in [2.75, 3.05) is 6.61 Å². The fourth-order valence-corrected chi connectivity index (χ4v) is 5.97. The second kappa shape index (κ2) is 13.4. The molecule has 170 valence electrons. The Morgan fingerprint density at radius 3 is 2.17 bits per heavy atom. The molecule has 0 aromatic heterocycles. The van der Waals surface area contributed by atoms with E-state index in [9.17, 15) is 0 Å². The molecule has 2 aliphatic carbocycles. The van der Waals surface area contributed by atoms with Crippen LogP contribution < -0.4 is 4.74 Å². The van der Waals surface area contributed by atoms with Crippen LogP contribution in [-0.4, -0.2) is 6.61 Å². The molecule has 30 heavy (non-hydrogen) atoms. The second-order valence-electron chi connectivity index (χ2n) is 10.6.